The molecule has 0 aliphatic carbocycles. The molecule has 0 aromatic heterocycles. The Morgan fingerprint density at radius 1 is 1.15 bits per heavy atom. The molecule has 0 radical (unpaired) electrons. The Hall–Kier alpha value is -2.77. The molecule has 140 valence electrons. The Balaban J connectivity index is 1.40. The Morgan fingerprint density at radius 3 is 2.38 bits per heavy atom. The number of hydrogen-bond acceptors (Lipinski definition) is 5. The predicted octanol–water partition coefficient (Wildman–Crippen LogP) is 1.05. The lowest BCUT2D eigenvalue weighted by molar-refractivity contribution is -0.133. The largest absolute Gasteiger partial charge is 0.497 e. The minimum atomic E-state index is -0.609. The molecule has 0 saturated carbocycles. The van der Waals surface area contributed by atoms with Crippen LogP contribution in [0.25, 0.3) is 0 Å². The summed E-state index contributed by atoms with van der Waals surface area (Å²) in [6.07, 6.45) is 2.16. The number of carbonyl (C=O) groups is 3. The van der Waals surface area contributed by atoms with Gasteiger partial charge in [-0.2, -0.15) is 0 Å². The number of carbonyl (C=O) groups excluding carboxylic acids is 3. The molecular weight excluding hydrogens is 338 g/mol. The van der Waals surface area contributed by atoms with Gasteiger partial charge in [0, 0.05) is 32.4 Å². The number of methoxy groups -OCH3 is 1. The summed E-state index contributed by atoms with van der Waals surface area (Å²) in [7, 11) is 1.62. The summed E-state index contributed by atoms with van der Waals surface area (Å²) in [5.41, 5.74) is 0. The van der Waals surface area contributed by atoms with Crippen LogP contribution < -0.4 is 20.1 Å². The zero-order valence-corrected chi connectivity index (χ0v) is 14.7. The zero-order chi connectivity index (χ0) is 18.5. The van der Waals surface area contributed by atoms with E-state index in [1.54, 1.807) is 12.0 Å². The molecule has 0 spiro atoms. The minimum Gasteiger partial charge on any atom is -0.497 e. The molecular formula is C18H23N3O5. The summed E-state index contributed by atoms with van der Waals surface area (Å²) >= 11 is 0. The molecule has 0 bridgehead atoms. The van der Waals surface area contributed by atoms with Crippen LogP contribution in [-0.2, 0) is 9.59 Å². The average Bonchev–Trinajstić information content (AvgIpc) is 2.98. The molecule has 2 N–H and O–H groups in total. The number of nitrogens with zero attached hydrogens (tertiary/aromatic N) is 1. The molecule has 8 heteroatoms. The van der Waals surface area contributed by atoms with Crippen LogP contribution in [0.2, 0.25) is 0 Å². The van der Waals surface area contributed by atoms with Gasteiger partial charge in [-0.15, -0.1) is 0 Å². The van der Waals surface area contributed by atoms with Crippen molar-refractivity contribution in [3.05, 3.63) is 24.3 Å². The van der Waals surface area contributed by atoms with Gasteiger partial charge in [0.25, 0.3) is 5.91 Å². The van der Waals surface area contributed by atoms with Crippen molar-refractivity contribution >= 4 is 17.8 Å². The van der Waals surface area contributed by atoms with Crippen LogP contribution in [0.15, 0.2) is 24.3 Å². The quantitative estimate of drug-likeness (QED) is 0.739. The van der Waals surface area contributed by atoms with E-state index in [4.69, 9.17) is 9.47 Å². The number of rotatable bonds is 6. The van der Waals surface area contributed by atoms with Gasteiger partial charge in [0.05, 0.1) is 7.11 Å². The van der Waals surface area contributed by atoms with E-state index in [9.17, 15) is 14.4 Å². The normalized spacial score (nSPS) is 20.5. The predicted molar refractivity (Wildman–Crippen MR) is 92.9 cm³/mol. The third-order valence-electron chi connectivity index (χ3n) is 4.66. The molecule has 2 saturated heterocycles. The summed E-state index contributed by atoms with van der Waals surface area (Å²) in [5, 5.41) is 4.67. The topological polar surface area (TPSA) is 97.0 Å². The fraction of sp³-hybridized carbons (Fsp3) is 0.500. The van der Waals surface area contributed by atoms with E-state index < -0.39 is 12.1 Å². The Morgan fingerprint density at radius 2 is 1.81 bits per heavy atom. The van der Waals surface area contributed by atoms with Crippen molar-refractivity contribution < 1.29 is 23.9 Å². The van der Waals surface area contributed by atoms with Crippen LogP contribution in [-0.4, -0.2) is 55.1 Å². The number of urea groups is 1. The number of amides is 4. The third kappa shape index (κ3) is 4.44. The molecule has 2 aliphatic heterocycles. The maximum atomic E-state index is 12.3. The standard InChI is InChI=1S/C18H23N3O5/c1-25-12-2-4-13(5-3-12)26-14-8-10-21(11-9-14)16(22)7-6-15-17(23)20-18(24)19-15/h2-5,14-15H,6-11H2,1H3,(H2,19,20,23,24)/t15-/m0/s1. The summed E-state index contributed by atoms with van der Waals surface area (Å²) in [4.78, 5) is 36.7. The highest BCUT2D eigenvalue weighted by molar-refractivity contribution is 6.04. The second kappa shape index (κ2) is 8.07. The lowest BCUT2D eigenvalue weighted by Gasteiger charge is -2.32. The Kier molecular flexibility index (Phi) is 5.60. The highest BCUT2D eigenvalue weighted by Gasteiger charge is 2.31. The van der Waals surface area contributed by atoms with Gasteiger partial charge in [-0.25, -0.2) is 4.79 Å². The molecule has 2 heterocycles. The first-order valence-electron chi connectivity index (χ1n) is 8.75. The molecule has 0 unspecified atom stereocenters. The van der Waals surface area contributed by atoms with E-state index in [0.717, 1.165) is 24.3 Å². The first-order valence-corrected chi connectivity index (χ1v) is 8.75. The van der Waals surface area contributed by atoms with Crippen molar-refractivity contribution in [2.75, 3.05) is 20.2 Å². The molecule has 4 amide bonds. The maximum Gasteiger partial charge on any atom is 0.322 e. The summed E-state index contributed by atoms with van der Waals surface area (Å²) < 4.78 is 11.1. The molecule has 8 nitrogen and oxygen atoms in total. The summed E-state index contributed by atoms with van der Waals surface area (Å²) in [6.45, 7) is 1.26. The molecule has 3 rings (SSSR count). The molecule has 1 aromatic rings. The number of hydrogen-bond donors (Lipinski definition) is 2. The first kappa shape index (κ1) is 18.0. The number of piperidine rings is 1. The van der Waals surface area contributed by atoms with Gasteiger partial charge in [-0.3, -0.25) is 14.9 Å². The molecule has 2 fully saturated rings. The fourth-order valence-corrected chi connectivity index (χ4v) is 3.16. The maximum absolute atomic E-state index is 12.3. The number of nitrogens with one attached hydrogen (secondary N) is 2. The van der Waals surface area contributed by atoms with Crippen molar-refractivity contribution in [1.29, 1.82) is 0 Å². The van der Waals surface area contributed by atoms with Gasteiger partial charge in [0.15, 0.2) is 0 Å². The van der Waals surface area contributed by atoms with Crippen molar-refractivity contribution in [3.63, 3.8) is 0 Å². The molecule has 26 heavy (non-hydrogen) atoms. The highest BCUT2D eigenvalue weighted by atomic mass is 16.5. The third-order valence-corrected chi connectivity index (χ3v) is 4.66. The first-order chi connectivity index (χ1) is 12.5. The Labute approximate surface area is 151 Å². The van der Waals surface area contributed by atoms with Crippen LogP contribution in [0.4, 0.5) is 4.79 Å². The van der Waals surface area contributed by atoms with Crippen molar-refractivity contribution in [2.45, 2.75) is 37.8 Å². The van der Waals surface area contributed by atoms with E-state index in [0.29, 0.717) is 19.5 Å². The second-order valence-electron chi connectivity index (χ2n) is 6.43. The highest BCUT2D eigenvalue weighted by Crippen LogP contribution is 2.22. The van der Waals surface area contributed by atoms with Crippen molar-refractivity contribution in [2.24, 2.45) is 0 Å². The van der Waals surface area contributed by atoms with Crippen molar-refractivity contribution in [3.8, 4) is 11.5 Å². The van der Waals surface area contributed by atoms with E-state index in [1.165, 1.54) is 0 Å². The van der Waals surface area contributed by atoms with Crippen LogP contribution in [0.1, 0.15) is 25.7 Å². The van der Waals surface area contributed by atoms with E-state index in [1.807, 2.05) is 24.3 Å². The van der Waals surface area contributed by atoms with Crippen LogP contribution in [0.5, 0.6) is 11.5 Å². The van der Waals surface area contributed by atoms with Gasteiger partial charge in [-0.1, -0.05) is 0 Å². The number of ether oxygens (including phenoxy) is 2. The van der Waals surface area contributed by atoms with Crippen LogP contribution in [0.3, 0.4) is 0 Å². The number of likely N-dealkylation sites (tertiary alicyclic amines) is 1. The van der Waals surface area contributed by atoms with Crippen molar-refractivity contribution in [1.82, 2.24) is 15.5 Å². The average molecular weight is 361 g/mol. The van der Waals surface area contributed by atoms with Crippen LogP contribution in [0, 0.1) is 0 Å². The van der Waals surface area contributed by atoms with Crippen LogP contribution >= 0.6 is 0 Å². The van der Waals surface area contributed by atoms with Gasteiger partial charge < -0.3 is 19.7 Å². The minimum absolute atomic E-state index is 0.00171. The molecule has 2 aliphatic rings. The smallest absolute Gasteiger partial charge is 0.322 e. The number of benzene rings is 1. The monoisotopic (exact) mass is 361 g/mol. The van der Waals surface area contributed by atoms with E-state index in [2.05, 4.69) is 10.6 Å². The SMILES string of the molecule is COc1ccc(OC2CCN(C(=O)CC[C@@H]3NC(=O)NC3=O)CC2)cc1. The second-order valence-corrected chi connectivity index (χ2v) is 6.43. The fourth-order valence-electron chi connectivity index (χ4n) is 3.16. The number of imide groups is 1. The Bertz CT molecular complexity index is 668. The summed E-state index contributed by atoms with van der Waals surface area (Å²) in [6, 6.07) is 6.35. The zero-order valence-electron chi connectivity index (χ0n) is 14.7. The van der Waals surface area contributed by atoms with Gasteiger partial charge in [0.1, 0.15) is 23.6 Å². The van der Waals surface area contributed by atoms with Gasteiger partial charge in [-0.05, 0) is 30.7 Å². The lowest BCUT2D eigenvalue weighted by Crippen LogP contribution is -2.42. The van der Waals surface area contributed by atoms with E-state index in [-0.39, 0.29) is 24.3 Å². The van der Waals surface area contributed by atoms with E-state index >= 15 is 0 Å². The van der Waals surface area contributed by atoms with Gasteiger partial charge in [0.2, 0.25) is 5.91 Å². The summed E-state index contributed by atoms with van der Waals surface area (Å²) in [5.74, 6) is 1.21. The van der Waals surface area contributed by atoms with Gasteiger partial charge >= 0.3 is 6.03 Å². The molecule has 1 atom stereocenters. The lowest BCUT2D eigenvalue weighted by atomic mass is 10.1. The molecule has 1 aromatic carbocycles.